The highest BCUT2D eigenvalue weighted by atomic mass is 16.3. The number of allylic oxidation sites excluding steroid dienone is 2. The lowest BCUT2D eigenvalue weighted by Crippen LogP contribution is -2.71. The number of aliphatic hydroxyl groups excluding tert-OH is 1. The summed E-state index contributed by atoms with van der Waals surface area (Å²) in [6.45, 7) is 13.4. The van der Waals surface area contributed by atoms with E-state index in [-0.39, 0.29) is 23.5 Å². The summed E-state index contributed by atoms with van der Waals surface area (Å²) in [4.78, 5) is 13.3. The Morgan fingerprint density at radius 2 is 1.66 bits per heavy atom. The molecule has 32 heavy (non-hydrogen) atoms. The standard InChI is InChI=1S/C28H44O4/c1-17(2)18(3)7-8-19(4)21-9-10-22-23-15-24(30)28(32)16-20(29)11-12-26(28,6)27(23,31)14-13-25(21,22)5/h7-8,15,17-22,29,31-32H,9-14,16H2,1-6H3/t18?,19?,20?,21?,22?,25-,26-,27-,28+/m1/s1. The van der Waals surface area contributed by atoms with Crippen LogP contribution in [0.1, 0.15) is 86.5 Å². The van der Waals surface area contributed by atoms with Gasteiger partial charge in [-0.25, -0.2) is 0 Å². The van der Waals surface area contributed by atoms with Gasteiger partial charge in [0.25, 0.3) is 0 Å². The molecule has 4 rings (SSSR count). The average Bonchev–Trinajstić information content (AvgIpc) is 3.07. The van der Waals surface area contributed by atoms with Crippen molar-refractivity contribution >= 4 is 5.78 Å². The van der Waals surface area contributed by atoms with E-state index in [1.165, 1.54) is 0 Å². The molecule has 4 nitrogen and oxygen atoms in total. The minimum Gasteiger partial charge on any atom is -0.393 e. The van der Waals surface area contributed by atoms with Gasteiger partial charge < -0.3 is 15.3 Å². The maximum Gasteiger partial charge on any atom is 0.188 e. The summed E-state index contributed by atoms with van der Waals surface area (Å²) in [5.74, 6) is 2.01. The SMILES string of the molecule is CC(C)C(C)C=CC(C)C1CCC2C3=CC(=O)[C@@]4(O)CC(O)CC[C@]4(C)[C@@]3(O)CC[C@@]21C. The summed E-state index contributed by atoms with van der Waals surface area (Å²) in [5, 5.41) is 33.9. The molecule has 4 aliphatic rings. The summed E-state index contributed by atoms with van der Waals surface area (Å²) in [7, 11) is 0. The molecular weight excluding hydrogens is 400 g/mol. The number of hydrogen-bond acceptors (Lipinski definition) is 4. The predicted octanol–water partition coefficient (Wildman–Crippen LogP) is 4.82. The number of carbonyl (C=O) groups excluding carboxylic acids is 1. The van der Waals surface area contributed by atoms with E-state index in [4.69, 9.17) is 0 Å². The van der Waals surface area contributed by atoms with Crippen LogP contribution in [0, 0.1) is 40.4 Å². The molecule has 0 aromatic rings. The molecule has 0 heterocycles. The highest BCUT2D eigenvalue weighted by molar-refractivity contribution is 6.00. The second-order valence-corrected chi connectivity index (χ2v) is 12.5. The summed E-state index contributed by atoms with van der Waals surface area (Å²) >= 11 is 0. The third-order valence-corrected chi connectivity index (χ3v) is 10.7. The normalized spacial score (nSPS) is 48.2. The summed E-state index contributed by atoms with van der Waals surface area (Å²) in [6.07, 6.45) is 10.2. The summed E-state index contributed by atoms with van der Waals surface area (Å²) in [5.41, 5.74) is -2.90. The second kappa shape index (κ2) is 7.78. The van der Waals surface area contributed by atoms with E-state index < -0.39 is 22.7 Å². The van der Waals surface area contributed by atoms with Crippen LogP contribution in [0.2, 0.25) is 0 Å². The molecule has 0 radical (unpaired) electrons. The van der Waals surface area contributed by atoms with Crippen LogP contribution in [0.15, 0.2) is 23.8 Å². The Morgan fingerprint density at radius 3 is 2.31 bits per heavy atom. The third-order valence-electron chi connectivity index (χ3n) is 10.7. The summed E-state index contributed by atoms with van der Waals surface area (Å²) in [6, 6.07) is 0. The maximum atomic E-state index is 13.3. The zero-order valence-corrected chi connectivity index (χ0v) is 20.9. The van der Waals surface area contributed by atoms with Gasteiger partial charge in [-0.2, -0.15) is 0 Å². The quantitative estimate of drug-likeness (QED) is 0.543. The minimum absolute atomic E-state index is 0.0227. The van der Waals surface area contributed by atoms with E-state index in [2.05, 4.69) is 46.8 Å². The first-order valence-corrected chi connectivity index (χ1v) is 12.9. The van der Waals surface area contributed by atoms with Gasteiger partial charge in [-0.15, -0.1) is 0 Å². The number of aliphatic hydroxyl groups is 3. The lowest BCUT2D eigenvalue weighted by molar-refractivity contribution is -0.223. The first-order valence-electron chi connectivity index (χ1n) is 12.9. The van der Waals surface area contributed by atoms with E-state index >= 15 is 0 Å². The van der Waals surface area contributed by atoms with Crippen molar-refractivity contribution in [1.82, 2.24) is 0 Å². The van der Waals surface area contributed by atoms with Crippen molar-refractivity contribution in [1.29, 1.82) is 0 Å². The first kappa shape index (κ1) is 24.2. The third kappa shape index (κ3) is 3.15. The topological polar surface area (TPSA) is 77.8 Å². The van der Waals surface area contributed by atoms with E-state index in [0.717, 1.165) is 24.8 Å². The van der Waals surface area contributed by atoms with E-state index in [0.29, 0.717) is 42.9 Å². The van der Waals surface area contributed by atoms with Gasteiger partial charge in [0.15, 0.2) is 5.78 Å². The highest BCUT2D eigenvalue weighted by Gasteiger charge is 2.71. The Kier molecular flexibility index (Phi) is 5.88. The van der Waals surface area contributed by atoms with Crippen LogP contribution in [0.5, 0.6) is 0 Å². The van der Waals surface area contributed by atoms with Crippen LogP contribution in [0.25, 0.3) is 0 Å². The number of carbonyl (C=O) groups is 1. The second-order valence-electron chi connectivity index (χ2n) is 12.5. The molecule has 0 amide bonds. The van der Waals surface area contributed by atoms with Crippen molar-refractivity contribution in [2.75, 3.05) is 0 Å². The Balaban J connectivity index is 1.67. The Hall–Kier alpha value is -0.970. The molecule has 3 saturated carbocycles. The highest BCUT2D eigenvalue weighted by Crippen LogP contribution is 2.68. The van der Waals surface area contributed by atoms with Gasteiger partial charge in [0.1, 0.15) is 5.60 Å². The van der Waals surface area contributed by atoms with Gasteiger partial charge in [-0.05, 0) is 85.2 Å². The first-order chi connectivity index (χ1) is 14.8. The van der Waals surface area contributed by atoms with Crippen molar-refractivity contribution in [3.05, 3.63) is 23.8 Å². The molecule has 0 aromatic carbocycles. The smallest absolute Gasteiger partial charge is 0.188 e. The van der Waals surface area contributed by atoms with Crippen molar-refractivity contribution in [2.45, 2.75) is 104 Å². The van der Waals surface area contributed by atoms with Gasteiger partial charge in [0.05, 0.1) is 11.7 Å². The molecule has 9 atom stereocenters. The number of rotatable bonds is 4. The molecule has 0 bridgehead atoms. The largest absolute Gasteiger partial charge is 0.393 e. The Bertz CT molecular complexity index is 829. The predicted molar refractivity (Wildman–Crippen MR) is 127 cm³/mol. The van der Waals surface area contributed by atoms with Crippen molar-refractivity contribution in [3.63, 3.8) is 0 Å². The molecule has 0 spiro atoms. The molecule has 3 N–H and O–H groups in total. The van der Waals surface area contributed by atoms with Crippen LogP contribution in [-0.4, -0.2) is 38.4 Å². The fourth-order valence-corrected chi connectivity index (χ4v) is 7.91. The van der Waals surface area contributed by atoms with Crippen molar-refractivity contribution < 1.29 is 20.1 Å². The molecule has 4 aliphatic carbocycles. The van der Waals surface area contributed by atoms with Crippen LogP contribution < -0.4 is 0 Å². The molecule has 0 aromatic heterocycles. The van der Waals surface area contributed by atoms with Crippen LogP contribution in [0.4, 0.5) is 0 Å². The monoisotopic (exact) mass is 444 g/mol. The van der Waals surface area contributed by atoms with Crippen LogP contribution >= 0.6 is 0 Å². The van der Waals surface area contributed by atoms with Gasteiger partial charge in [-0.1, -0.05) is 53.7 Å². The van der Waals surface area contributed by atoms with Gasteiger partial charge in [0.2, 0.25) is 0 Å². The maximum absolute atomic E-state index is 13.3. The molecule has 3 fully saturated rings. The van der Waals surface area contributed by atoms with Crippen molar-refractivity contribution in [3.8, 4) is 0 Å². The van der Waals surface area contributed by atoms with Gasteiger partial charge in [-0.3, -0.25) is 4.79 Å². The molecule has 5 unspecified atom stereocenters. The lowest BCUT2D eigenvalue weighted by atomic mass is 9.43. The minimum atomic E-state index is -1.68. The Morgan fingerprint density at radius 1 is 0.969 bits per heavy atom. The number of fused-ring (bicyclic) bond motifs is 5. The van der Waals surface area contributed by atoms with Crippen LogP contribution in [-0.2, 0) is 4.79 Å². The molecule has 0 aliphatic heterocycles. The Labute approximate surface area is 194 Å². The van der Waals surface area contributed by atoms with E-state index in [9.17, 15) is 20.1 Å². The molecular formula is C28H44O4. The number of hydrogen-bond donors (Lipinski definition) is 3. The van der Waals surface area contributed by atoms with Crippen molar-refractivity contribution in [2.24, 2.45) is 40.4 Å². The molecule has 180 valence electrons. The van der Waals surface area contributed by atoms with Gasteiger partial charge in [0, 0.05) is 11.8 Å². The zero-order valence-electron chi connectivity index (χ0n) is 20.9. The average molecular weight is 445 g/mol. The van der Waals surface area contributed by atoms with E-state index in [1.807, 2.05) is 6.92 Å². The molecule has 4 heteroatoms. The summed E-state index contributed by atoms with van der Waals surface area (Å²) < 4.78 is 0. The fraction of sp³-hybridized carbons (Fsp3) is 0.821. The lowest BCUT2D eigenvalue weighted by Gasteiger charge is -2.63. The van der Waals surface area contributed by atoms with E-state index in [1.54, 1.807) is 6.08 Å². The zero-order chi connectivity index (χ0) is 23.7. The van der Waals surface area contributed by atoms with Crippen LogP contribution in [0.3, 0.4) is 0 Å². The number of ketones is 1. The molecule has 0 saturated heterocycles. The van der Waals surface area contributed by atoms with Gasteiger partial charge >= 0.3 is 0 Å². The fourth-order valence-electron chi connectivity index (χ4n) is 7.91.